The van der Waals surface area contributed by atoms with Crippen LogP contribution in [0.25, 0.3) is 0 Å². The van der Waals surface area contributed by atoms with Crippen molar-refractivity contribution in [2.75, 3.05) is 12.4 Å². The molecule has 3 rings (SSSR count). The summed E-state index contributed by atoms with van der Waals surface area (Å²) in [7, 11) is 1.57. The molecule has 28 heavy (non-hydrogen) atoms. The van der Waals surface area contributed by atoms with Gasteiger partial charge in [-0.05, 0) is 64.8 Å². The molecule has 0 saturated carbocycles. The highest BCUT2D eigenvalue weighted by Gasteiger charge is 2.14. The number of hydrogen-bond acceptors (Lipinski definition) is 3. The van der Waals surface area contributed by atoms with E-state index in [1.807, 2.05) is 24.3 Å². The number of ether oxygens (including phenoxy) is 2. The quantitative estimate of drug-likeness (QED) is 0.419. The first kappa shape index (κ1) is 20.5. The van der Waals surface area contributed by atoms with Crippen LogP contribution in [0.5, 0.6) is 11.5 Å². The SMILES string of the molecule is COc1cc(CNc2ccc(C)cc2)cc(Br)c1OCc1c(F)cccc1Cl. The number of methoxy groups -OCH3 is 1. The molecular weight excluding hydrogens is 445 g/mol. The zero-order valence-corrected chi connectivity index (χ0v) is 17.9. The summed E-state index contributed by atoms with van der Waals surface area (Å²) in [4.78, 5) is 0. The third kappa shape index (κ3) is 4.97. The van der Waals surface area contributed by atoms with Crippen LogP contribution in [0.2, 0.25) is 5.02 Å². The molecule has 0 bridgehead atoms. The third-order valence-corrected chi connectivity index (χ3v) is 5.20. The smallest absolute Gasteiger partial charge is 0.175 e. The first-order chi connectivity index (χ1) is 13.5. The van der Waals surface area contributed by atoms with E-state index < -0.39 is 5.82 Å². The molecule has 0 spiro atoms. The molecule has 0 unspecified atom stereocenters. The van der Waals surface area contributed by atoms with Crippen molar-refractivity contribution in [1.29, 1.82) is 0 Å². The summed E-state index contributed by atoms with van der Waals surface area (Å²) in [6, 6.07) is 16.6. The lowest BCUT2D eigenvalue weighted by atomic mass is 10.1. The van der Waals surface area contributed by atoms with Crippen LogP contribution in [0.15, 0.2) is 59.1 Å². The minimum absolute atomic E-state index is 0.00142. The van der Waals surface area contributed by atoms with Gasteiger partial charge in [-0.25, -0.2) is 4.39 Å². The third-order valence-electron chi connectivity index (χ3n) is 4.26. The van der Waals surface area contributed by atoms with E-state index in [1.165, 1.54) is 11.6 Å². The molecule has 3 aromatic carbocycles. The van der Waals surface area contributed by atoms with Gasteiger partial charge in [0.2, 0.25) is 0 Å². The molecule has 6 heteroatoms. The fourth-order valence-electron chi connectivity index (χ4n) is 2.71. The van der Waals surface area contributed by atoms with Crippen molar-refractivity contribution in [2.24, 2.45) is 0 Å². The Morgan fingerprint density at radius 1 is 1.11 bits per heavy atom. The Morgan fingerprint density at radius 2 is 1.86 bits per heavy atom. The van der Waals surface area contributed by atoms with Crippen molar-refractivity contribution in [3.05, 3.63) is 86.6 Å². The molecule has 0 aliphatic carbocycles. The average molecular weight is 465 g/mol. The second-order valence-corrected chi connectivity index (χ2v) is 7.58. The molecule has 146 valence electrons. The van der Waals surface area contributed by atoms with Crippen molar-refractivity contribution >= 4 is 33.2 Å². The van der Waals surface area contributed by atoms with Gasteiger partial charge in [0.15, 0.2) is 11.5 Å². The minimum atomic E-state index is -0.401. The van der Waals surface area contributed by atoms with Crippen molar-refractivity contribution < 1.29 is 13.9 Å². The highest BCUT2D eigenvalue weighted by atomic mass is 79.9. The number of halogens is 3. The number of anilines is 1. The lowest BCUT2D eigenvalue weighted by molar-refractivity contribution is 0.278. The van der Waals surface area contributed by atoms with Crippen molar-refractivity contribution in [3.63, 3.8) is 0 Å². The zero-order valence-electron chi connectivity index (χ0n) is 15.6. The molecule has 0 heterocycles. The van der Waals surface area contributed by atoms with Gasteiger partial charge in [0, 0.05) is 17.8 Å². The largest absolute Gasteiger partial charge is 0.493 e. The van der Waals surface area contributed by atoms with E-state index in [2.05, 4.69) is 40.3 Å². The summed E-state index contributed by atoms with van der Waals surface area (Å²) < 4.78 is 26.0. The fraction of sp³-hybridized carbons (Fsp3) is 0.182. The minimum Gasteiger partial charge on any atom is -0.493 e. The molecule has 0 fully saturated rings. The van der Waals surface area contributed by atoms with Crippen LogP contribution in [0, 0.1) is 12.7 Å². The molecule has 0 radical (unpaired) electrons. The number of hydrogen-bond donors (Lipinski definition) is 1. The van der Waals surface area contributed by atoms with E-state index >= 15 is 0 Å². The first-order valence-corrected chi connectivity index (χ1v) is 9.87. The number of rotatable bonds is 7. The maximum Gasteiger partial charge on any atom is 0.175 e. The molecule has 0 atom stereocenters. The molecule has 0 aliphatic heterocycles. The molecule has 0 aromatic heterocycles. The van der Waals surface area contributed by atoms with Crippen LogP contribution in [0.3, 0.4) is 0 Å². The van der Waals surface area contributed by atoms with Crippen LogP contribution in [0.4, 0.5) is 10.1 Å². The lowest BCUT2D eigenvalue weighted by Crippen LogP contribution is -2.04. The van der Waals surface area contributed by atoms with Gasteiger partial charge >= 0.3 is 0 Å². The van der Waals surface area contributed by atoms with Crippen LogP contribution in [-0.2, 0) is 13.2 Å². The Hall–Kier alpha value is -2.24. The summed E-state index contributed by atoms with van der Waals surface area (Å²) in [5, 5.41) is 3.70. The van der Waals surface area contributed by atoms with E-state index in [-0.39, 0.29) is 6.61 Å². The summed E-state index contributed by atoms with van der Waals surface area (Å²) in [5.41, 5.74) is 3.57. The van der Waals surface area contributed by atoms with E-state index in [1.54, 1.807) is 19.2 Å². The van der Waals surface area contributed by atoms with E-state index in [9.17, 15) is 4.39 Å². The predicted octanol–water partition coefficient (Wildman–Crippen LogP) is 6.75. The van der Waals surface area contributed by atoms with Crippen LogP contribution in [0.1, 0.15) is 16.7 Å². The van der Waals surface area contributed by atoms with Gasteiger partial charge in [0.25, 0.3) is 0 Å². The Balaban J connectivity index is 1.74. The van der Waals surface area contributed by atoms with E-state index in [4.69, 9.17) is 21.1 Å². The Morgan fingerprint density at radius 3 is 2.54 bits per heavy atom. The average Bonchev–Trinajstić information content (AvgIpc) is 2.68. The number of benzene rings is 3. The summed E-state index contributed by atoms with van der Waals surface area (Å²) in [6.45, 7) is 2.68. The van der Waals surface area contributed by atoms with Gasteiger partial charge in [-0.15, -0.1) is 0 Å². The second kappa shape index (κ2) is 9.30. The van der Waals surface area contributed by atoms with Gasteiger partial charge in [0.1, 0.15) is 12.4 Å². The Bertz CT molecular complexity index is 943. The van der Waals surface area contributed by atoms with E-state index in [0.717, 1.165) is 15.7 Å². The molecular formula is C22H20BrClFNO2. The second-order valence-electron chi connectivity index (χ2n) is 6.32. The molecule has 0 aliphatic rings. The van der Waals surface area contributed by atoms with Crippen LogP contribution >= 0.6 is 27.5 Å². The molecule has 3 nitrogen and oxygen atoms in total. The van der Waals surface area contributed by atoms with Crippen LogP contribution in [-0.4, -0.2) is 7.11 Å². The maximum atomic E-state index is 14.0. The van der Waals surface area contributed by atoms with Crippen molar-refractivity contribution in [1.82, 2.24) is 0 Å². The Kier molecular flexibility index (Phi) is 6.81. The fourth-order valence-corrected chi connectivity index (χ4v) is 3.53. The zero-order chi connectivity index (χ0) is 20.1. The summed E-state index contributed by atoms with van der Waals surface area (Å²) in [6.07, 6.45) is 0. The lowest BCUT2D eigenvalue weighted by Gasteiger charge is -2.16. The van der Waals surface area contributed by atoms with E-state index in [0.29, 0.717) is 28.6 Å². The standard InChI is InChI=1S/C22H20BrClFNO2/c1-14-6-8-16(9-7-14)26-12-15-10-18(23)22(21(11-15)27-2)28-13-17-19(24)4-3-5-20(17)25/h3-11,26H,12-13H2,1-2H3. The van der Waals surface area contributed by atoms with Gasteiger partial charge < -0.3 is 14.8 Å². The summed E-state index contributed by atoms with van der Waals surface area (Å²) in [5.74, 6) is 0.657. The molecule has 0 saturated heterocycles. The highest BCUT2D eigenvalue weighted by Crippen LogP contribution is 2.38. The topological polar surface area (TPSA) is 30.5 Å². The maximum absolute atomic E-state index is 14.0. The first-order valence-electron chi connectivity index (χ1n) is 8.70. The summed E-state index contributed by atoms with van der Waals surface area (Å²) >= 11 is 9.60. The number of nitrogens with one attached hydrogen (secondary N) is 1. The van der Waals surface area contributed by atoms with Crippen LogP contribution < -0.4 is 14.8 Å². The normalized spacial score (nSPS) is 10.6. The molecule has 3 aromatic rings. The monoisotopic (exact) mass is 463 g/mol. The highest BCUT2D eigenvalue weighted by molar-refractivity contribution is 9.10. The van der Waals surface area contributed by atoms with Gasteiger partial charge in [-0.3, -0.25) is 0 Å². The number of aryl methyl sites for hydroxylation is 1. The van der Waals surface area contributed by atoms with Crippen molar-refractivity contribution in [3.8, 4) is 11.5 Å². The molecule has 0 amide bonds. The van der Waals surface area contributed by atoms with Crippen molar-refractivity contribution in [2.45, 2.75) is 20.1 Å². The molecule has 1 N–H and O–H groups in total. The van der Waals surface area contributed by atoms with Gasteiger partial charge in [0.05, 0.1) is 16.6 Å². The van der Waals surface area contributed by atoms with Gasteiger partial charge in [-0.2, -0.15) is 0 Å². The Labute approximate surface area is 177 Å². The van der Waals surface area contributed by atoms with Gasteiger partial charge in [-0.1, -0.05) is 35.4 Å². The predicted molar refractivity (Wildman–Crippen MR) is 115 cm³/mol.